The van der Waals surface area contributed by atoms with Gasteiger partial charge in [-0.25, -0.2) is 0 Å². The quantitative estimate of drug-likeness (QED) is 0.587. The normalized spacial score (nSPS) is 21.3. The molecule has 1 N–H and O–H groups in total. The van der Waals surface area contributed by atoms with E-state index in [-0.39, 0.29) is 5.91 Å². The minimum atomic E-state index is -0.0979. The van der Waals surface area contributed by atoms with E-state index in [4.69, 9.17) is 9.15 Å². The van der Waals surface area contributed by atoms with E-state index >= 15 is 0 Å². The molecule has 2 unspecified atom stereocenters. The summed E-state index contributed by atoms with van der Waals surface area (Å²) in [5.74, 6) is 2.98. The minimum absolute atomic E-state index is 0.0979. The van der Waals surface area contributed by atoms with Crippen molar-refractivity contribution in [2.24, 2.45) is 5.92 Å². The Morgan fingerprint density at radius 3 is 3.05 bits per heavy atom. The van der Waals surface area contributed by atoms with Gasteiger partial charge in [0.25, 0.3) is 0 Å². The fraction of sp³-hybridized carbons (Fsp3) is 0.562. The average molecular weight is 277 g/mol. The molecule has 0 saturated heterocycles. The Morgan fingerprint density at radius 2 is 2.35 bits per heavy atom. The second kappa shape index (κ2) is 7.29. The molecule has 2 rings (SSSR count). The first-order valence-corrected chi connectivity index (χ1v) is 7.34. The SMILES string of the molecule is CCOCCCNC(=O)/C=C/c1ccc(C2CC2C)o1. The van der Waals surface area contributed by atoms with Crippen molar-refractivity contribution < 1.29 is 13.9 Å². The van der Waals surface area contributed by atoms with Crippen molar-refractivity contribution >= 4 is 12.0 Å². The molecule has 1 aliphatic rings. The molecule has 1 fully saturated rings. The molecule has 0 bridgehead atoms. The van der Waals surface area contributed by atoms with Gasteiger partial charge in [-0.3, -0.25) is 4.79 Å². The molecule has 1 aromatic rings. The predicted molar refractivity (Wildman–Crippen MR) is 78.4 cm³/mol. The first-order chi connectivity index (χ1) is 9.70. The van der Waals surface area contributed by atoms with Gasteiger partial charge in [0.2, 0.25) is 5.91 Å². The summed E-state index contributed by atoms with van der Waals surface area (Å²) in [7, 11) is 0. The van der Waals surface area contributed by atoms with Gasteiger partial charge < -0.3 is 14.5 Å². The Kier molecular flexibility index (Phi) is 5.41. The summed E-state index contributed by atoms with van der Waals surface area (Å²) >= 11 is 0. The van der Waals surface area contributed by atoms with Crippen LogP contribution in [0.1, 0.15) is 44.1 Å². The summed E-state index contributed by atoms with van der Waals surface area (Å²) in [4.78, 5) is 11.6. The maximum atomic E-state index is 11.6. The van der Waals surface area contributed by atoms with E-state index in [1.54, 1.807) is 6.08 Å². The largest absolute Gasteiger partial charge is 0.461 e. The Balaban J connectivity index is 1.69. The number of amides is 1. The topological polar surface area (TPSA) is 51.5 Å². The molecular formula is C16H23NO3. The number of carbonyl (C=O) groups excluding carboxylic acids is 1. The highest BCUT2D eigenvalue weighted by molar-refractivity contribution is 5.91. The fourth-order valence-electron chi connectivity index (χ4n) is 2.12. The van der Waals surface area contributed by atoms with Crippen LogP contribution in [0.15, 0.2) is 22.6 Å². The van der Waals surface area contributed by atoms with Crippen LogP contribution in [0.5, 0.6) is 0 Å². The van der Waals surface area contributed by atoms with Crippen molar-refractivity contribution in [2.75, 3.05) is 19.8 Å². The van der Waals surface area contributed by atoms with Gasteiger partial charge in [-0.2, -0.15) is 0 Å². The zero-order chi connectivity index (χ0) is 14.4. The third-order valence-corrected chi connectivity index (χ3v) is 3.49. The molecule has 110 valence electrons. The third-order valence-electron chi connectivity index (χ3n) is 3.49. The second-order valence-corrected chi connectivity index (χ2v) is 5.23. The van der Waals surface area contributed by atoms with Crippen LogP contribution in [-0.2, 0) is 9.53 Å². The minimum Gasteiger partial charge on any atom is -0.461 e. The predicted octanol–water partition coefficient (Wildman–Crippen LogP) is 2.96. The van der Waals surface area contributed by atoms with Crippen molar-refractivity contribution in [3.63, 3.8) is 0 Å². The smallest absolute Gasteiger partial charge is 0.244 e. The van der Waals surface area contributed by atoms with Gasteiger partial charge in [0.05, 0.1) is 0 Å². The summed E-state index contributed by atoms with van der Waals surface area (Å²) in [6.45, 7) is 6.21. The molecule has 1 amide bonds. The number of ether oxygens (including phenoxy) is 1. The molecule has 1 saturated carbocycles. The highest BCUT2D eigenvalue weighted by Crippen LogP contribution is 2.47. The highest BCUT2D eigenvalue weighted by atomic mass is 16.5. The third kappa shape index (κ3) is 4.53. The van der Waals surface area contributed by atoms with E-state index in [0.717, 1.165) is 23.9 Å². The van der Waals surface area contributed by atoms with Crippen LogP contribution >= 0.6 is 0 Å². The zero-order valence-electron chi connectivity index (χ0n) is 12.2. The molecule has 0 spiro atoms. The van der Waals surface area contributed by atoms with Crippen LogP contribution in [0.2, 0.25) is 0 Å². The first kappa shape index (κ1) is 14.9. The molecule has 4 nitrogen and oxygen atoms in total. The zero-order valence-corrected chi connectivity index (χ0v) is 12.2. The summed E-state index contributed by atoms with van der Waals surface area (Å²) in [5, 5.41) is 2.81. The van der Waals surface area contributed by atoms with Crippen LogP contribution in [0.3, 0.4) is 0 Å². The van der Waals surface area contributed by atoms with Gasteiger partial charge >= 0.3 is 0 Å². The van der Waals surface area contributed by atoms with Crippen LogP contribution in [0.4, 0.5) is 0 Å². The van der Waals surface area contributed by atoms with E-state index < -0.39 is 0 Å². The summed E-state index contributed by atoms with van der Waals surface area (Å²) in [6, 6.07) is 3.92. The Morgan fingerprint density at radius 1 is 1.55 bits per heavy atom. The standard InChI is InChI=1S/C16H23NO3/c1-3-19-10-4-9-17-16(18)8-6-13-5-7-15(20-13)14-11-12(14)2/h5-8,12,14H,3-4,9-11H2,1-2H3,(H,17,18)/b8-6+. The number of nitrogens with one attached hydrogen (secondary N) is 1. The van der Waals surface area contributed by atoms with E-state index in [2.05, 4.69) is 12.2 Å². The van der Waals surface area contributed by atoms with E-state index in [9.17, 15) is 4.79 Å². The Labute approximate surface area is 120 Å². The van der Waals surface area contributed by atoms with Crippen molar-refractivity contribution in [2.45, 2.75) is 32.6 Å². The molecule has 0 aromatic carbocycles. The first-order valence-electron chi connectivity index (χ1n) is 7.34. The number of furan rings is 1. The van der Waals surface area contributed by atoms with Crippen molar-refractivity contribution in [3.8, 4) is 0 Å². The molecule has 2 atom stereocenters. The monoisotopic (exact) mass is 277 g/mol. The lowest BCUT2D eigenvalue weighted by atomic mass is 10.3. The summed E-state index contributed by atoms with van der Waals surface area (Å²) in [5.41, 5.74) is 0. The van der Waals surface area contributed by atoms with Gasteiger partial charge in [-0.15, -0.1) is 0 Å². The Bertz CT molecular complexity index is 464. The fourth-order valence-corrected chi connectivity index (χ4v) is 2.12. The van der Waals surface area contributed by atoms with Crippen LogP contribution in [0, 0.1) is 5.92 Å². The van der Waals surface area contributed by atoms with Gasteiger partial charge in [0, 0.05) is 31.8 Å². The van der Waals surface area contributed by atoms with Crippen LogP contribution in [-0.4, -0.2) is 25.7 Å². The molecule has 0 radical (unpaired) electrons. The molecule has 1 aliphatic carbocycles. The van der Waals surface area contributed by atoms with E-state index in [1.165, 1.54) is 12.5 Å². The molecule has 1 aromatic heterocycles. The molecule has 4 heteroatoms. The lowest BCUT2D eigenvalue weighted by Crippen LogP contribution is -2.23. The Hall–Kier alpha value is -1.55. The van der Waals surface area contributed by atoms with Crippen molar-refractivity contribution in [1.29, 1.82) is 0 Å². The van der Waals surface area contributed by atoms with E-state index in [1.807, 2.05) is 19.1 Å². The molecule has 20 heavy (non-hydrogen) atoms. The lowest BCUT2D eigenvalue weighted by molar-refractivity contribution is -0.116. The highest BCUT2D eigenvalue weighted by Gasteiger charge is 2.36. The summed E-state index contributed by atoms with van der Waals surface area (Å²) in [6.07, 6.45) is 5.27. The molecule has 1 heterocycles. The number of rotatable bonds is 8. The number of carbonyl (C=O) groups is 1. The van der Waals surface area contributed by atoms with Crippen molar-refractivity contribution in [3.05, 3.63) is 29.7 Å². The summed E-state index contributed by atoms with van der Waals surface area (Å²) < 4.78 is 10.9. The van der Waals surface area contributed by atoms with Crippen LogP contribution in [0.25, 0.3) is 6.08 Å². The van der Waals surface area contributed by atoms with Gasteiger partial charge in [-0.05, 0) is 43.9 Å². The molecule has 0 aliphatic heterocycles. The van der Waals surface area contributed by atoms with E-state index in [0.29, 0.717) is 25.7 Å². The van der Waals surface area contributed by atoms with Gasteiger partial charge in [0.1, 0.15) is 11.5 Å². The van der Waals surface area contributed by atoms with Crippen molar-refractivity contribution in [1.82, 2.24) is 5.32 Å². The maximum absolute atomic E-state index is 11.6. The number of hydrogen-bond donors (Lipinski definition) is 1. The average Bonchev–Trinajstić information content (AvgIpc) is 2.99. The maximum Gasteiger partial charge on any atom is 0.244 e. The number of hydrogen-bond acceptors (Lipinski definition) is 3. The van der Waals surface area contributed by atoms with Gasteiger partial charge in [-0.1, -0.05) is 6.92 Å². The lowest BCUT2D eigenvalue weighted by Gasteiger charge is -2.01. The van der Waals surface area contributed by atoms with Crippen LogP contribution < -0.4 is 5.32 Å². The molecular weight excluding hydrogens is 254 g/mol. The second-order valence-electron chi connectivity index (χ2n) is 5.23. The van der Waals surface area contributed by atoms with Gasteiger partial charge in [0.15, 0.2) is 0 Å².